The number of ether oxygens (including phenoxy) is 1. The number of hydrogen-bond donors (Lipinski definition) is 2. The van der Waals surface area contributed by atoms with Crippen LogP contribution in [0.1, 0.15) is 12.5 Å². The molecule has 9 heteroatoms. The van der Waals surface area contributed by atoms with Gasteiger partial charge in [0.15, 0.2) is 11.5 Å². The number of benzene rings is 2. The lowest BCUT2D eigenvalue weighted by Crippen LogP contribution is -2.54. The molecule has 0 spiro atoms. The van der Waals surface area contributed by atoms with Gasteiger partial charge in [0, 0.05) is 5.02 Å². The fraction of sp³-hybridized carbons (Fsp3) is 0.105. The molecule has 2 aromatic rings. The Morgan fingerprint density at radius 3 is 2.54 bits per heavy atom. The number of aromatic hydroxyl groups is 1. The number of phenolic OH excluding ortho intramolecular Hbond substituents is 1. The molecule has 1 aliphatic heterocycles. The van der Waals surface area contributed by atoms with Gasteiger partial charge in [-0.2, -0.15) is 0 Å². The van der Waals surface area contributed by atoms with E-state index in [4.69, 9.17) is 16.3 Å². The quantitative estimate of drug-likeness (QED) is 0.370. The SMILES string of the molecule is CCOc1cc(/C=C2\C(=O)NC(=O)N(c3ccc(Cl)cc3)C2=O)cc(I)c1O. The first kappa shape index (κ1) is 20.2. The Balaban J connectivity index is 2.03. The van der Waals surface area contributed by atoms with Gasteiger partial charge >= 0.3 is 6.03 Å². The number of carbonyl (C=O) groups excluding carboxylic acids is 3. The van der Waals surface area contributed by atoms with Gasteiger partial charge in [0.25, 0.3) is 11.8 Å². The minimum Gasteiger partial charge on any atom is -0.504 e. The number of anilines is 1. The van der Waals surface area contributed by atoms with Crippen LogP contribution in [0.4, 0.5) is 10.5 Å². The molecule has 0 saturated carbocycles. The summed E-state index contributed by atoms with van der Waals surface area (Å²) < 4.78 is 5.86. The molecule has 1 saturated heterocycles. The zero-order valence-electron chi connectivity index (χ0n) is 14.5. The van der Waals surface area contributed by atoms with Crippen LogP contribution in [0.3, 0.4) is 0 Å². The second-order valence-corrected chi connectivity index (χ2v) is 7.32. The summed E-state index contributed by atoms with van der Waals surface area (Å²) >= 11 is 7.77. The van der Waals surface area contributed by atoms with Crippen LogP contribution in [0.25, 0.3) is 6.08 Å². The van der Waals surface area contributed by atoms with Crippen molar-refractivity contribution in [1.29, 1.82) is 0 Å². The summed E-state index contributed by atoms with van der Waals surface area (Å²) in [5.41, 5.74) is 0.522. The Morgan fingerprint density at radius 2 is 1.89 bits per heavy atom. The number of phenols is 1. The third kappa shape index (κ3) is 3.97. The topological polar surface area (TPSA) is 95.9 Å². The first-order valence-electron chi connectivity index (χ1n) is 8.14. The smallest absolute Gasteiger partial charge is 0.335 e. The van der Waals surface area contributed by atoms with E-state index in [-0.39, 0.29) is 22.8 Å². The molecule has 2 aromatic carbocycles. The van der Waals surface area contributed by atoms with Crippen molar-refractivity contribution >= 4 is 63.8 Å². The van der Waals surface area contributed by atoms with Crippen molar-refractivity contribution in [2.75, 3.05) is 11.5 Å². The highest BCUT2D eigenvalue weighted by atomic mass is 127. The summed E-state index contributed by atoms with van der Waals surface area (Å²) in [6.07, 6.45) is 1.34. The number of urea groups is 1. The van der Waals surface area contributed by atoms with Gasteiger partial charge in [-0.25, -0.2) is 9.69 Å². The predicted molar refractivity (Wildman–Crippen MR) is 112 cm³/mol. The lowest BCUT2D eigenvalue weighted by Gasteiger charge is -2.26. The number of barbiturate groups is 1. The standard InChI is InChI=1S/C19H14ClIN2O5/c1-2-28-15-9-10(8-14(21)16(15)24)7-13-17(25)22-19(27)23(18(13)26)12-5-3-11(20)4-6-12/h3-9,24H,2H2,1H3,(H,22,25,27)/b13-7+. The molecule has 0 atom stereocenters. The van der Waals surface area contributed by atoms with Gasteiger partial charge in [0.2, 0.25) is 0 Å². The van der Waals surface area contributed by atoms with E-state index in [0.29, 0.717) is 20.8 Å². The van der Waals surface area contributed by atoms with E-state index in [2.05, 4.69) is 5.32 Å². The van der Waals surface area contributed by atoms with Crippen molar-refractivity contribution in [1.82, 2.24) is 5.32 Å². The number of hydrogen-bond acceptors (Lipinski definition) is 5. The number of nitrogens with one attached hydrogen (secondary N) is 1. The zero-order valence-corrected chi connectivity index (χ0v) is 17.4. The second-order valence-electron chi connectivity index (χ2n) is 5.72. The highest BCUT2D eigenvalue weighted by Crippen LogP contribution is 2.34. The van der Waals surface area contributed by atoms with Crippen LogP contribution in [0, 0.1) is 3.57 Å². The third-order valence-corrected chi connectivity index (χ3v) is 4.92. The van der Waals surface area contributed by atoms with E-state index in [1.807, 2.05) is 22.6 Å². The monoisotopic (exact) mass is 512 g/mol. The number of rotatable bonds is 4. The fourth-order valence-electron chi connectivity index (χ4n) is 2.59. The molecule has 0 bridgehead atoms. The normalized spacial score (nSPS) is 15.8. The maximum atomic E-state index is 12.9. The zero-order chi connectivity index (χ0) is 20.4. The van der Waals surface area contributed by atoms with Gasteiger partial charge in [-0.3, -0.25) is 14.9 Å². The van der Waals surface area contributed by atoms with Crippen LogP contribution in [-0.4, -0.2) is 29.6 Å². The minimum absolute atomic E-state index is 0.0259. The minimum atomic E-state index is -0.843. The average molecular weight is 513 g/mol. The lowest BCUT2D eigenvalue weighted by atomic mass is 10.1. The highest BCUT2D eigenvalue weighted by molar-refractivity contribution is 14.1. The van der Waals surface area contributed by atoms with E-state index in [9.17, 15) is 19.5 Å². The fourth-order valence-corrected chi connectivity index (χ4v) is 3.34. The molecule has 0 radical (unpaired) electrons. The van der Waals surface area contributed by atoms with Crippen molar-refractivity contribution in [2.45, 2.75) is 6.92 Å². The number of imide groups is 2. The first-order valence-corrected chi connectivity index (χ1v) is 9.59. The van der Waals surface area contributed by atoms with Crippen molar-refractivity contribution in [2.24, 2.45) is 0 Å². The number of carbonyl (C=O) groups is 3. The maximum Gasteiger partial charge on any atom is 0.335 e. The number of amides is 4. The molecule has 0 aliphatic carbocycles. The molecular weight excluding hydrogens is 499 g/mol. The molecule has 4 amide bonds. The summed E-state index contributed by atoms with van der Waals surface area (Å²) in [4.78, 5) is 38.2. The van der Waals surface area contributed by atoms with Gasteiger partial charge < -0.3 is 9.84 Å². The summed E-state index contributed by atoms with van der Waals surface area (Å²) in [7, 11) is 0. The number of halogens is 2. The van der Waals surface area contributed by atoms with E-state index < -0.39 is 17.8 Å². The molecule has 0 unspecified atom stereocenters. The van der Waals surface area contributed by atoms with Crippen LogP contribution >= 0.6 is 34.2 Å². The van der Waals surface area contributed by atoms with E-state index in [1.54, 1.807) is 13.0 Å². The third-order valence-electron chi connectivity index (χ3n) is 3.85. The maximum absolute atomic E-state index is 12.9. The largest absolute Gasteiger partial charge is 0.504 e. The Kier molecular flexibility index (Phi) is 5.90. The molecular formula is C19H14ClIN2O5. The van der Waals surface area contributed by atoms with Crippen molar-refractivity contribution < 1.29 is 24.2 Å². The van der Waals surface area contributed by atoms with Gasteiger partial charge in [-0.1, -0.05) is 11.6 Å². The van der Waals surface area contributed by atoms with Crippen LogP contribution in [0.2, 0.25) is 5.02 Å². The molecule has 3 rings (SSSR count). The van der Waals surface area contributed by atoms with Gasteiger partial charge in [0.05, 0.1) is 15.9 Å². The number of nitrogens with zero attached hydrogens (tertiary/aromatic N) is 1. The summed E-state index contributed by atoms with van der Waals surface area (Å²) in [6.45, 7) is 2.10. The highest BCUT2D eigenvalue weighted by Gasteiger charge is 2.36. The predicted octanol–water partition coefficient (Wildman–Crippen LogP) is 3.72. The van der Waals surface area contributed by atoms with E-state index in [1.165, 1.54) is 36.4 Å². The molecule has 7 nitrogen and oxygen atoms in total. The van der Waals surface area contributed by atoms with Crippen LogP contribution < -0.4 is 15.0 Å². The van der Waals surface area contributed by atoms with Gasteiger partial charge in [0.1, 0.15) is 5.57 Å². The summed E-state index contributed by atoms with van der Waals surface area (Å²) in [5.74, 6) is -1.36. The van der Waals surface area contributed by atoms with Gasteiger partial charge in [-0.15, -0.1) is 0 Å². The Hall–Kier alpha value is -2.59. The van der Waals surface area contributed by atoms with Crippen molar-refractivity contribution in [3.8, 4) is 11.5 Å². The molecule has 28 heavy (non-hydrogen) atoms. The van der Waals surface area contributed by atoms with E-state index in [0.717, 1.165) is 4.90 Å². The second kappa shape index (κ2) is 8.19. The van der Waals surface area contributed by atoms with Gasteiger partial charge in [-0.05, 0) is 77.6 Å². The van der Waals surface area contributed by atoms with Crippen LogP contribution in [0.5, 0.6) is 11.5 Å². The molecule has 1 aliphatic rings. The Labute approximate surface area is 179 Å². The molecule has 1 fully saturated rings. The molecule has 1 heterocycles. The van der Waals surface area contributed by atoms with Crippen molar-refractivity contribution in [3.63, 3.8) is 0 Å². The first-order chi connectivity index (χ1) is 13.3. The van der Waals surface area contributed by atoms with Crippen LogP contribution in [-0.2, 0) is 9.59 Å². The lowest BCUT2D eigenvalue weighted by molar-refractivity contribution is -0.122. The molecule has 0 aromatic heterocycles. The molecule has 2 N–H and O–H groups in total. The molecule has 144 valence electrons. The Morgan fingerprint density at radius 1 is 1.21 bits per heavy atom. The van der Waals surface area contributed by atoms with Crippen LogP contribution in [0.15, 0.2) is 42.0 Å². The average Bonchev–Trinajstić information content (AvgIpc) is 2.64. The Bertz CT molecular complexity index is 1000. The summed E-state index contributed by atoms with van der Waals surface area (Å²) in [5, 5.41) is 12.6. The summed E-state index contributed by atoms with van der Waals surface area (Å²) in [6, 6.07) is 8.34. The van der Waals surface area contributed by atoms with Crippen molar-refractivity contribution in [3.05, 3.63) is 56.1 Å². The van der Waals surface area contributed by atoms with E-state index >= 15 is 0 Å².